The average Bonchev–Trinajstić information content (AvgIpc) is 2.62. The molecule has 72 valence electrons. The van der Waals surface area contributed by atoms with Crippen molar-refractivity contribution in [3.8, 4) is 0 Å². The minimum absolute atomic E-state index is 0.121. The number of anilines is 1. The van der Waals surface area contributed by atoms with Crippen LogP contribution in [0, 0.1) is 0 Å². The lowest BCUT2D eigenvalue weighted by Gasteiger charge is -2.02. The number of nitrogens with one attached hydrogen (secondary N) is 1. The fraction of sp³-hybridized carbons (Fsp3) is 0.111. The summed E-state index contributed by atoms with van der Waals surface area (Å²) in [7, 11) is 0. The number of hydrogen-bond acceptors (Lipinski definition) is 4. The van der Waals surface area contributed by atoms with Crippen LogP contribution in [0.1, 0.15) is 0 Å². The Hall–Kier alpha value is -2.04. The molecule has 0 spiro atoms. The molecular weight excluding hydrogens is 184 g/mol. The highest BCUT2D eigenvalue weighted by Crippen LogP contribution is 2.21. The van der Waals surface area contributed by atoms with Crippen LogP contribution in [-0.4, -0.2) is 22.6 Å². The number of hydrogen-bond donors (Lipinski definition) is 2. The van der Waals surface area contributed by atoms with E-state index < -0.39 is 5.97 Å². The Bertz CT molecular complexity index is 464. The monoisotopic (exact) mass is 192 g/mol. The van der Waals surface area contributed by atoms with Gasteiger partial charge in [0.25, 0.3) is 0 Å². The first kappa shape index (κ1) is 8.55. The molecule has 0 aliphatic heterocycles. The van der Waals surface area contributed by atoms with Crippen LogP contribution < -0.4 is 5.32 Å². The van der Waals surface area contributed by atoms with Crippen molar-refractivity contribution in [3.63, 3.8) is 0 Å². The highest BCUT2D eigenvalue weighted by Gasteiger charge is 2.04. The van der Waals surface area contributed by atoms with Gasteiger partial charge in [0, 0.05) is 11.9 Å². The molecule has 2 aromatic heterocycles. The Morgan fingerprint density at radius 1 is 1.57 bits per heavy atom. The molecule has 0 aliphatic carbocycles. The molecule has 0 amide bonds. The zero-order chi connectivity index (χ0) is 9.97. The van der Waals surface area contributed by atoms with Crippen molar-refractivity contribution >= 4 is 22.8 Å². The molecule has 0 saturated carbocycles. The van der Waals surface area contributed by atoms with Crippen molar-refractivity contribution in [1.29, 1.82) is 0 Å². The molecule has 0 unspecified atom stereocenters. The molecule has 0 saturated heterocycles. The third-order valence-electron chi connectivity index (χ3n) is 1.80. The summed E-state index contributed by atoms with van der Waals surface area (Å²) < 4.78 is 5.07. The molecule has 2 heterocycles. The second-order valence-corrected chi connectivity index (χ2v) is 2.75. The summed E-state index contributed by atoms with van der Waals surface area (Å²) in [5.41, 5.74) is 1.21. The molecule has 0 radical (unpaired) electrons. The largest absolute Gasteiger partial charge is 0.480 e. The van der Waals surface area contributed by atoms with Gasteiger partial charge in [0.1, 0.15) is 6.54 Å². The molecule has 0 fully saturated rings. The first-order valence-corrected chi connectivity index (χ1v) is 4.05. The van der Waals surface area contributed by atoms with E-state index in [1.54, 1.807) is 18.3 Å². The van der Waals surface area contributed by atoms with Gasteiger partial charge in [-0.15, -0.1) is 0 Å². The normalized spacial score (nSPS) is 10.3. The Kier molecular flexibility index (Phi) is 2.06. The predicted molar refractivity (Wildman–Crippen MR) is 50.1 cm³/mol. The molecule has 0 aliphatic rings. The van der Waals surface area contributed by atoms with Gasteiger partial charge in [-0.05, 0) is 12.1 Å². The fourth-order valence-electron chi connectivity index (χ4n) is 1.20. The number of nitrogens with zero attached hydrogens (tertiary/aromatic N) is 1. The van der Waals surface area contributed by atoms with Crippen molar-refractivity contribution in [2.45, 2.75) is 0 Å². The molecule has 2 rings (SSSR count). The zero-order valence-corrected chi connectivity index (χ0v) is 7.23. The van der Waals surface area contributed by atoms with Crippen molar-refractivity contribution < 1.29 is 14.3 Å². The van der Waals surface area contributed by atoms with Crippen LogP contribution in [0.2, 0.25) is 0 Å². The number of furan rings is 1. The van der Waals surface area contributed by atoms with E-state index in [4.69, 9.17) is 9.52 Å². The van der Waals surface area contributed by atoms with Gasteiger partial charge in [-0.3, -0.25) is 4.79 Å². The number of carboxylic acids is 1. The first-order valence-electron chi connectivity index (χ1n) is 4.05. The van der Waals surface area contributed by atoms with Gasteiger partial charge in [0.15, 0.2) is 0 Å². The molecular formula is C9H8N2O3. The molecule has 14 heavy (non-hydrogen) atoms. The lowest BCUT2D eigenvalue weighted by Crippen LogP contribution is -2.12. The van der Waals surface area contributed by atoms with E-state index in [0.29, 0.717) is 11.4 Å². The summed E-state index contributed by atoms with van der Waals surface area (Å²) in [5, 5.41) is 12.1. The van der Waals surface area contributed by atoms with Gasteiger partial charge in [-0.25, -0.2) is 4.98 Å². The Morgan fingerprint density at radius 2 is 2.43 bits per heavy atom. The topological polar surface area (TPSA) is 75.4 Å². The number of aliphatic carboxylic acids is 1. The first-order chi connectivity index (χ1) is 6.77. The standard InChI is InChI=1S/C9H8N2O3/c12-8(13)5-11-7-1-3-10-9-6(7)2-4-14-9/h1-4H,5H2,(H,10,11)(H,12,13). The van der Waals surface area contributed by atoms with Crippen LogP contribution in [0.4, 0.5) is 5.69 Å². The van der Waals surface area contributed by atoms with E-state index in [9.17, 15) is 4.79 Å². The SMILES string of the molecule is O=C(O)CNc1ccnc2occc12. The summed E-state index contributed by atoms with van der Waals surface area (Å²) in [5.74, 6) is -0.904. The quantitative estimate of drug-likeness (QED) is 0.767. The third-order valence-corrected chi connectivity index (χ3v) is 1.80. The van der Waals surface area contributed by atoms with Crippen molar-refractivity contribution in [3.05, 3.63) is 24.6 Å². The summed E-state index contributed by atoms with van der Waals surface area (Å²) in [4.78, 5) is 14.3. The maximum Gasteiger partial charge on any atom is 0.322 e. The van der Waals surface area contributed by atoms with Crippen LogP contribution in [0.3, 0.4) is 0 Å². The number of rotatable bonds is 3. The number of carboxylic acid groups (broad SMARTS) is 1. The Morgan fingerprint density at radius 3 is 3.21 bits per heavy atom. The molecule has 0 aromatic carbocycles. The minimum atomic E-state index is -0.904. The molecule has 2 aromatic rings. The van der Waals surface area contributed by atoms with Crippen LogP contribution in [-0.2, 0) is 4.79 Å². The van der Waals surface area contributed by atoms with Gasteiger partial charge >= 0.3 is 5.97 Å². The smallest absolute Gasteiger partial charge is 0.322 e. The second kappa shape index (κ2) is 3.37. The molecule has 5 nitrogen and oxygen atoms in total. The highest BCUT2D eigenvalue weighted by molar-refractivity contribution is 5.89. The van der Waals surface area contributed by atoms with E-state index >= 15 is 0 Å². The van der Waals surface area contributed by atoms with Gasteiger partial charge < -0.3 is 14.8 Å². The summed E-state index contributed by atoms with van der Waals surface area (Å²) >= 11 is 0. The van der Waals surface area contributed by atoms with E-state index in [1.165, 1.54) is 6.26 Å². The van der Waals surface area contributed by atoms with E-state index in [1.807, 2.05) is 0 Å². The van der Waals surface area contributed by atoms with Crippen LogP contribution >= 0.6 is 0 Å². The number of pyridine rings is 1. The maximum absolute atomic E-state index is 10.3. The summed E-state index contributed by atoms with van der Waals surface area (Å²) in [6.45, 7) is -0.121. The van der Waals surface area contributed by atoms with Crippen LogP contribution in [0.5, 0.6) is 0 Å². The predicted octanol–water partition coefficient (Wildman–Crippen LogP) is 1.32. The summed E-state index contributed by atoms with van der Waals surface area (Å²) in [6, 6.07) is 3.45. The second-order valence-electron chi connectivity index (χ2n) is 2.75. The van der Waals surface area contributed by atoms with Crippen molar-refractivity contribution in [2.24, 2.45) is 0 Å². The van der Waals surface area contributed by atoms with Crippen molar-refractivity contribution in [1.82, 2.24) is 4.98 Å². The van der Waals surface area contributed by atoms with Gasteiger partial charge in [-0.2, -0.15) is 0 Å². The van der Waals surface area contributed by atoms with E-state index in [-0.39, 0.29) is 6.54 Å². The van der Waals surface area contributed by atoms with Gasteiger partial charge in [0.05, 0.1) is 11.6 Å². The lowest BCUT2D eigenvalue weighted by atomic mass is 10.3. The van der Waals surface area contributed by atoms with Gasteiger partial charge in [-0.1, -0.05) is 0 Å². The van der Waals surface area contributed by atoms with Crippen molar-refractivity contribution in [2.75, 3.05) is 11.9 Å². The maximum atomic E-state index is 10.3. The van der Waals surface area contributed by atoms with Crippen LogP contribution in [0.25, 0.3) is 11.1 Å². The molecule has 0 atom stereocenters. The third kappa shape index (κ3) is 1.52. The summed E-state index contributed by atoms with van der Waals surface area (Å²) in [6.07, 6.45) is 3.08. The number of carbonyl (C=O) groups is 1. The van der Waals surface area contributed by atoms with Gasteiger partial charge in [0.2, 0.25) is 5.71 Å². The number of fused-ring (bicyclic) bond motifs is 1. The zero-order valence-electron chi connectivity index (χ0n) is 7.23. The molecule has 0 bridgehead atoms. The number of aromatic nitrogens is 1. The fourth-order valence-corrected chi connectivity index (χ4v) is 1.20. The lowest BCUT2D eigenvalue weighted by molar-refractivity contribution is -0.134. The van der Waals surface area contributed by atoms with E-state index in [0.717, 1.165) is 5.39 Å². The van der Waals surface area contributed by atoms with E-state index in [2.05, 4.69) is 10.3 Å². The average molecular weight is 192 g/mol. The van der Waals surface area contributed by atoms with Crippen LogP contribution in [0.15, 0.2) is 29.0 Å². The minimum Gasteiger partial charge on any atom is -0.480 e. The molecule has 2 N–H and O–H groups in total. The highest BCUT2D eigenvalue weighted by atomic mass is 16.4. The Balaban J connectivity index is 2.32. The molecule has 5 heteroatoms. The Labute approximate surface area is 79.4 Å².